The molecule has 0 bridgehead atoms. The maximum Gasteiger partial charge on any atom is 0.308 e. The second-order valence-electron chi connectivity index (χ2n) is 2.12. The van der Waals surface area contributed by atoms with Crippen molar-refractivity contribution in [2.75, 3.05) is 0 Å². The molecule has 69 valence electrons. The molecule has 0 spiro atoms. The standard InChI is InChI=1S/C8H13O4/c1-4-7(9)11-6(3)12-8(10)5-2/h6H,3-5H2,1-2H3. The summed E-state index contributed by atoms with van der Waals surface area (Å²) >= 11 is 0. The Hall–Kier alpha value is -1.06. The highest BCUT2D eigenvalue weighted by atomic mass is 16.7. The molecule has 1 radical (unpaired) electrons. The maximum atomic E-state index is 10.6. The summed E-state index contributed by atoms with van der Waals surface area (Å²) in [6.07, 6.45) is -0.532. The summed E-state index contributed by atoms with van der Waals surface area (Å²) in [7, 11) is 0. The van der Waals surface area contributed by atoms with Crippen molar-refractivity contribution in [2.24, 2.45) is 0 Å². The van der Waals surface area contributed by atoms with Crippen molar-refractivity contribution < 1.29 is 19.1 Å². The zero-order valence-corrected chi connectivity index (χ0v) is 7.33. The molecule has 0 aliphatic heterocycles. The molecular formula is C8H13O4. The van der Waals surface area contributed by atoms with E-state index in [1.807, 2.05) is 0 Å². The highest BCUT2D eigenvalue weighted by Gasteiger charge is 2.10. The Morgan fingerprint density at radius 1 is 1.17 bits per heavy atom. The first-order valence-electron chi connectivity index (χ1n) is 3.82. The van der Waals surface area contributed by atoms with Gasteiger partial charge in [-0.3, -0.25) is 9.59 Å². The van der Waals surface area contributed by atoms with Crippen molar-refractivity contribution in [3.8, 4) is 0 Å². The SMILES string of the molecule is [CH2]C(OC(=O)CC)OC(=O)CC. The Morgan fingerprint density at radius 3 is 1.75 bits per heavy atom. The number of ether oxygens (including phenoxy) is 2. The van der Waals surface area contributed by atoms with Gasteiger partial charge >= 0.3 is 11.9 Å². The van der Waals surface area contributed by atoms with Gasteiger partial charge in [-0.25, -0.2) is 0 Å². The van der Waals surface area contributed by atoms with E-state index in [0.29, 0.717) is 0 Å². The summed E-state index contributed by atoms with van der Waals surface area (Å²) in [6.45, 7) is 6.63. The Bertz CT molecular complexity index is 146. The van der Waals surface area contributed by atoms with Crippen LogP contribution in [0.5, 0.6) is 0 Å². The molecule has 0 aromatic rings. The number of esters is 2. The summed E-state index contributed by atoms with van der Waals surface area (Å²) in [5.74, 6) is -0.863. The molecule has 0 fully saturated rings. The molecule has 0 aliphatic rings. The number of rotatable bonds is 4. The first kappa shape index (κ1) is 10.9. The molecule has 0 aromatic heterocycles. The number of hydrogen-bond acceptors (Lipinski definition) is 4. The molecule has 0 rings (SSSR count). The van der Waals surface area contributed by atoms with Crippen LogP contribution < -0.4 is 0 Å². The number of carbonyl (C=O) groups excluding carboxylic acids is 2. The molecule has 0 saturated heterocycles. The van der Waals surface area contributed by atoms with Crippen LogP contribution in [0.1, 0.15) is 26.7 Å². The lowest BCUT2D eigenvalue weighted by molar-refractivity contribution is -0.179. The largest absolute Gasteiger partial charge is 0.425 e. The molecule has 0 N–H and O–H groups in total. The molecular weight excluding hydrogens is 160 g/mol. The quantitative estimate of drug-likeness (QED) is 0.471. The first-order chi connectivity index (χ1) is 5.60. The van der Waals surface area contributed by atoms with Gasteiger partial charge in [-0.05, 0) is 0 Å². The summed E-state index contributed by atoms with van der Waals surface area (Å²) in [5, 5.41) is 0. The zero-order valence-electron chi connectivity index (χ0n) is 7.33. The Balaban J connectivity index is 3.66. The van der Waals surface area contributed by atoms with E-state index >= 15 is 0 Å². The highest BCUT2D eigenvalue weighted by molar-refractivity contribution is 5.71. The van der Waals surface area contributed by atoms with Gasteiger partial charge in [0.15, 0.2) is 0 Å². The molecule has 4 nitrogen and oxygen atoms in total. The van der Waals surface area contributed by atoms with Crippen LogP contribution in [0.15, 0.2) is 0 Å². The van der Waals surface area contributed by atoms with Crippen LogP contribution in [0.25, 0.3) is 0 Å². The maximum absolute atomic E-state index is 10.6. The van der Waals surface area contributed by atoms with Crippen molar-refractivity contribution >= 4 is 11.9 Å². The molecule has 0 saturated carbocycles. The van der Waals surface area contributed by atoms with Crippen LogP contribution in [0, 0.1) is 6.92 Å². The van der Waals surface area contributed by atoms with Crippen LogP contribution in [0.4, 0.5) is 0 Å². The molecule has 0 unspecified atom stereocenters. The third kappa shape index (κ3) is 4.71. The van der Waals surface area contributed by atoms with Crippen molar-refractivity contribution in [2.45, 2.75) is 33.0 Å². The van der Waals surface area contributed by atoms with E-state index in [1.165, 1.54) is 0 Å². The van der Waals surface area contributed by atoms with Gasteiger partial charge in [0.1, 0.15) is 0 Å². The monoisotopic (exact) mass is 173 g/mol. The van der Waals surface area contributed by atoms with Gasteiger partial charge in [0.2, 0.25) is 6.29 Å². The second kappa shape index (κ2) is 5.57. The summed E-state index contributed by atoms with van der Waals surface area (Å²) in [4.78, 5) is 21.3. The normalized spacial score (nSPS) is 9.67. The topological polar surface area (TPSA) is 52.6 Å². The minimum absolute atomic E-state index is 0.246. The van der Waals surface area contributed by atoms with E-state index in [2.05, 4.69) is 16.4 Å². The smallest absolute Gasteiger partial charge is 0.308 e. The number of carbonyl (C=O) groups is 2. The molecule has 12 heavy (non-hydrogen) atoms. The Labute approximate surface area is 71.8 Å². The average Bonchev–Trinajstić information content (AvgIpc) is 2.03. The van der Waals surface area contributed by atoms with Crippen LogP contribution >= 0.6 is 0 Å². The predicted molar refractivity (Wildman–Crippen MR) is 41.9 cm³/mol. The lowest BCUT2D eigenvalue weighted by Gasteiger charge is -2.12. The van der Waals surface area contributed by atoms with E-state index in [9.17, 15) is 9.59 Å². The lowest BCUT2D eigenvalue weighted by Crippen LogP contribution is -2.20. The number of hydrogen-bond donors (Lipinski definition) is 0. The van der Waals surface area contributed by atoms with Crippen molar-refractivity contribution in [1.82, 2.24) is 0 Å². The molecule has 0 amide bonds. The van der Waals surface area contributed by atoms with Gasteiger partial charge in [0, 0.05) is 19.8 Å². The summed E-state index contributed by atoms with van der Waals surface area (Å²) in [6, 6.07) is 0. The molecule has 0 aliphatic carbocycles. The first-order valence-corrected chi connectivity index (χ1v) is 3.82. The van der Waals surface area contributed by atoms with Gasteiger partial charge in [0.05, 0.1) is 0 Å². The van der Waals surface area contributed by atoms with E-state index in [-0.39, 0.29) is 12.8 Å². The van der Waals surface area contributed by atoms with Gasteiger partial charge in [-0.15, -0.1) is 0 Å². The fourth-order valence-electron chi connectivity index (χ4n) is 0.484. The third-order valence-electron chi connectivity index (χ3n) is 1.10. The minimum Gasteiger partial charge on any atom is -0.425 e. The van der Waals surface area contributed by atoms with Crippen LogP contribution in [0.3, 0.4) is 0 Å². The molecule has 4 heteroatoms. The van der Waals surface area contributed by atoms with Gasteiger partial charge in [-0.1, -0.05) is 13.8 Å². The van der Waals surface area contributed by atoms with Crippen LogP contribution in [-0.4, -0.2) is 18.2 Å². The fraction of sp³-hybridized carbons (Fsp3) is 0.625. The third-order valence-corrected chi connectivity index (χ3v) is 1.10. The summed E-state index contributed by atoms with van der Waals surface area (Å²) < 4.78 is 9.16. The minimum atomic E-state index is -1.02. The van der Waals surface area contributed by atoms with Gasteiger partial charge in [-0.2, -0.15) is 0 Å². The van der Waals surface area contributed by atoms with E-state index in [0.717, 1.165) is 0 Å². The lowest BCUT2D eigenvalue weighted by atomic mass is 10.5. The fourth-order valence-corrected chi connectivity index (χ4v) is 0.484. The van der Waals surface area contributed by atoms with Gasteiger partial charge < -0.3 is 9.47 Å². The average molecular weight is 173 g/mol. The van der Waals surface area contributed by atoms with E-state index in [1.54, 1.807) is 13.8 Å². The van der Waals surface area contributed by atoms with Crippen molar-refractivity contribution in [1.29, 1.82) is 0 Å². The summed E-state index contributed by atoms with van der Waals surface area (Å²) in [5.41, 5.74) is 0. The second-order valence-corrected chi connectivity index (χ2v) is 2.12. The van der Waals surface area contributed by atoms with Crippen molar-refractivity contribution in [3.63, 3.8) is 0 Å². The van der Waals surface area contributed by atoms with Crippen molar-refractivity contribution in [3.05, 3.63) is 6.92 Å². The zero-order chi connectivity index (χ0) is 9.56. The molecule has 0 heterocycles. The van der Waals surface area contributed by atoms with Gasteiger partial charge in [0.25, 0.3) is 0 Å². The van der Waals surface area contributed by atoms with Crippen LogP contribution in [0.2, 0.25) is 0 Å². The molecule has 0 aromatic carbocycles. The Morgan fingerprint density at radius 2 is 1.50 bits per heavy atom. The highest BCUT2D eigenvalue weighted by Crippen LogP contribution is 1.97. The molecule has 0 atom stereocenters. The van der Waals surface area contributed by atoms with E-state index < -0.39 is 18.2 Å². The van der Waals surface area contributed by atoms with Crippen LogP contribution in [-0.2, 0) is 19.1 Å². The Kier molecular flexibility index (Phi) is 5.08. The predicted octanol–water partition coefficient (Wildman–Crippen LogP) is 1.05. The van der Waals surface area contributed by atoms with E-state index in [4.69, 9.17) is 0 Å².